The maximum atomic E-state index is 12.0. The topological polar surface area (TPSA) is 57.9 Å². The molecule has 1 aromatic heterocycles. The van der Waals surface area contributed by atoms with Crippen LogP contribution in [0.2, 0.25) is 0 Å². The zero-order valence-electron chi connectivity index (χ0n) is 25.2. The molecular weight excluding hydrogens is 522 g/mol. The van der Waals surface area contributed by atoms with Crippen LogP contribution in [0.15, 0.2) is 36.4 Å². The van der Waals surface area contributed by atoms with E-state index in [1.54, 1.807) is 6.07 Å². The predicted molar refractivity (Wildman–Crippen MR) is 174 cm³/mol. The van der Waals surface area contributed by atoms with Crippen molar-refractivity contribution in [1.29, 1.82) is 0 Å². The van der Waals surface area contributed by atoms with Crippen molar-refractivity contribution >= 4 is 22.6 Å². The Morgan fingerprint density at radius 2 is 1.79 bits per heavy atom. The summed E-state index contributed by atoms with van der Waals surface area (Å²) in [4.78, 5) is 17.2. The van der Waals surface area contributed by atoms with E-state index < -0.39 is 5.97 Å². The summed E-state index contributed by atoms with van der Waals surface area (Å²) in [7, 11) is 0. The van der Waals surface area contributed by atoms with Crippen LogP contribution in [0, 0.1) is 12.8 Å². The van der Waals surface area contributed by atoms with Gasteiger partial charge in [0.2, 0.25) is 0 Å². The second-order valence-electron chi connectivity index (χ2n) is 13.0. The number of fused-ring (bicyclic) bond motifs is 5. The molecule has 228 valence electrons. The van der Waals surface area contributed by atoms with E-state index in [0.29, 0.717) is 23.5 Å². The lowest BCUT2D eigenvalue weighted by Gasteiger charge is -2.35. The summed E-state index contributed by atoms with van der Waals surface area (Å²) in [6.07, 6.45) is 9.10. The van der Waals surface area contributed by atoms with Gasteiger partial charge in [0.05, 0.1) is 24.0 Å². The van der Waals surface area contributed by atoms with Crippen LogP contribution in [-0.4, -0.2) is 66.0 Å². The van der Waals surface area contributed by atoms with Crippen LogP contribution < -0.4 is 4.90 Å². The molecule has 1 atom stereocenters. The number of nitrogens with zero attached hydrogens (tertiary/aromatic N) is 3. The number of hydrogen-bond donors (Lipinski definition) is 1. The van der Waals surface area contributed by atoms with E-state index in [4.69, 9.17) is 4.74 Å². The molecule has 3 aliphatic rings. The van der Waals surface area contributed by atoms with Crippen molar-refractivity contribution in [3.8, 4) is 11.3 Å². The fraction of sp³-hybridized carbons (Fsp3) is 0.583. The van der Waals surface area contributed by atoms with Gasteiger partial charge in [0.25, 0.3) is 0 Å². The van der Waals surface area contributed by atoms with E-state index in [1.165, 1.54) is 84.9 Å². The molecule has 1 N–H and O–H groups in total. The molecule has 1 aliphatic carbocycles. The summed E-state index contributed by atoms with van der Waals surface area (Å²) in [5.41, 5.74) is 8.16. The number of carboxylic acid groups (broad SMARTS) is 1. The Hall–Kier alpha value is -2.83. The monoisotopic (exact) mass is 573 g/mol. The summed E-state index contributed by atoms with van der Waals surface area (Å²) in [6.45, 7) is 13.4. The van der Waals surface area contributed by atoms with Gasteiger partial charge in [-0.15, -0.1) is 0 Å². The maximum absolute atomic E-state index is 12.0. The number of likely N-dealkylation sites (tertiary alicyclic amines) is 1. The fourth-order valence-corrected chi connectivity index (χ4v) is 7.59. The number of benzene rings is 2. The van der Waals surface area contributed by atoms with Crippen LogP contribution in [0.3, 0.4) is 0 Å². The molecule has 0 spiro atoms. The first-order chi connectivity index (χ1) is 19.9. The Bertz CT molecular complexity index is 1390. The lowest BCUT2D eigenvalue weighted by Crippen LogP contribution is -2.42. The minimum atomic E-state index is -0.855. The molecule has 0 amide bonds. The minimum absolute atomic E-state index is 0. The molecule has 2 aromatic carbocycles. The number of rotatable bonds is 8. The summed E-state index contributed by atoms with van der Waals surface area (Å²) >= 11 is 0. The number of aromatic nitrogens is 1. The van der Waals surface area contributed by atoms with Crippen molar-refractivity contribution in [2.24, 2.45) is 5.92 Å². The number of aromatic carboxylic acids is 1. The Morgan fingerprint density at radius 3 is 2.55 bits per heavy atom. The molecule has 1 unspecified atom stereocenters. The number of anilines is 1. The highest BCUT2D eigenvalue weighted by Crippen LogP contribution is 2.47. The molecule has 0 bridgehead atoms. The third-order valence-corrected chi connectivity index (χ3v) is 9.66. The van der Waals surface area contributed by atoms with Crippen LogP contribution in [0.4, 0.5) is 5.69 Å². The summed E-state index contributed by atoms with van der Waals surface area (Å²) in [5, 5.41) is 11.1. The first-order valence-electron chi connectivity index (χ1n) is 16.0. The predicted octanol–water partition coefficient (Wildman–Crippen LogP) is 7.96. The van der Waals surface area contributed by atoms with Gasteiger partial charge in [-0.1, -0.05) is 44.9 Å². The highest BCUT2D eigenvalue weighted by molar-refractivity contribution is 5.99. The van der Waals surface area contributed by atoms with Gasteiger partial charge in [-0.05, 0) is 94.2 Å². The number of carboxylic acids is 1. The molecule has 0 radical (unpaired) electrons. The average molecular weight is 574 g/mol. The fourth-order valence-electron chi connectivity index (χ4n) is 7.59. The van der Waals surface area contributed by atoms with Crippen molar-refractivity contribution in [2.45, 2.75) is 91.7 Å². The van der Waals surface area contributed by atoms with Crippen LogP contribution in [0.25, 0.3) is 22.2 Å². The SMILES string of the molecule is C.Cc1ccc2c(c1)N(CCN1CCCC(COC(C)C)C1)CCn1c-2c(C2CCCCC2)c2ccc(C(=O)O)cc21. The normalized spacial score (nSPS) is 19.8. The van der Waals surface area contributed by atoms with E-state index in [9.17, 15) is 9.90 Å². The molecule has 1 saturated heterocycles. The largest absolute Gasteiger partial charge is 0.478 e. The van der Waals surface area contributed by atoms with Crippen LogP contribution in [0.1, 0.15) is 93.6 Å². The molecule has 6 heteroatoms. The first kappa shape index (κ1) is 30.6. The smallest absolute Gasteiger partial charge is 0.335 e. The third kappa shape index (κ3) is 6.26. The molecule has 3 aromatic rings. The second kappa shape index (κ2) is 13.2. The van der Waals surface area contributed by atoms with Gasteiger partial charge in [-0.25, -0.2) is 4.79 Å². The highest BCUT2D eigenvalue weighted by Gasteiger charge is 2.31. The highest BCUT2D eigenvalue weighted by atomic mass is 16.5. The van der Waals surface area contributed by atoms with Gasteiger partial charge in [-0.3, -0.25) is 0 Å². The van der Waals surface area contributed by atoms with Crippen molar-refractivity contribution in [1.82, 2.24) is 9.47 Å². The quantitative estimate of drug-likeness (QED) is 0.296. The van der Waals surface area contributed by atoms with Gasteiger partial charge < -0.3 is 24.2 Å². The lowest BCUT2D eigenvalue weighted by molar-refractivity contribution is 0.0266. The molecule has 6 nitrogen and oxygen atoms in total. The van der Waals surface area contributed by atoms with Gasteiger partial charge in [-0.2, -0.15) is 0 Å². The number of piperidine rings is 1. The maximum Gasteiger partial charge on any atom is 0.335 e. The number of aryl methyl sites for hydroxylation is 1. The minimum Gasteiger partial charge on any atom is -0.478 e. The summed E-state index contributed by atoms with van der Waals surface area (Å²) in [6, 6.07) is 12.8. The lowest BCUT2D eigenvalue weighted by atomic mass is 9.81. The van der Waals surface area contributed by atoms with Crippen molar-refractivity contribution in [2.75, 3.05) is 44.2 Å². The Kier molecular flexibility index (Phi) is 9.64. The Morgan fingerprint density at radius 1 is 0.976 bits per heavy atom. The van der Waals surface area contributed by atoms with E-state index in [0.717, 1.165) is 44.8 Å². The molecule has 3 heterocycles. The van der Waals surface area contributed by atoms with Crippen LogP contribution in [0.5, 0.6) is 0 Å². The van der Waals surface area contributed by atoms with E-state index >= 15 is 0 Å². The van der Waals surface area contributed by atoms with Crippen LogP contribution in [-0.2, 0) is 11.3 Å². The average Bonchev–Trinajstić information content (AvgIpc) is 3.21. The van der Waals surface area contributed by atoms with Gasteiger partial charge >= 0.3 is 5.97 Å². The van der Waals surface area contributed by atoms with Gasteiger partial charge in [0.1, 0.15) is 0 Å². The molecule has 1 saturated carbocycles. The van der Waals surface area contributed by atoms with Crippen LogP contribution >= 0.6 is 0 Å². The van der Waals surface area contributed by atoms with Gasteiger partial charge in [0, 0.05) is 54.9 Å². The van der Waals surface area contributed by atoms with E-state index in [-0.39, 0.29) is 7.43 Å². The van der Waals surface area contributed by atoms with Crippen molar-refractivity contribution in [3.05, 3.63) is 53.1 Å². The second-order valence-corrected chi connectivity index (χ2v) is 13.0. The van der Waals surface area contributed by atoms with E-state index in [2.05, 4.69) is 59.4 Å². The summed E-state index contributed by atoms with van der Waals surface area (Å²) in [5.74, 6) is 0.294. The molecule has 6 rings (SSSR count). The van der Waals surface area contributed by atoms with Gasteiger partial charge in [0.15, 0.2) is 0 Å². The van der Waals surface area contributed by atoms with E-state index in [1.807, 2.05) is 6.07 Å². The zero-order chi connectivity index (χ0) is 28.5. The number of carbonyl (C=O) groups is 1. The standard InChI is InChI=1S/C35H47N3O3.CH4/c1-24(2)41-23-26-8-7-15-36(22-26)16-17-37-18-19-38-32-21-28(35(39)40)12-14-29(32)33(27-9-5-4-6-10-27)34(38)30-13-11-25(3)20-31(30)37;/h11-14,20-21,24,26-27H,4-10,15-19,22-23H2,1-3H3,(H,39,40);1H4. The molecular formula is C36H51N3O3. The first-order valence-corrected chi connectivity index (χ1v) is 16.0. The third-order valence-electron chi connectivity index (χ3n) is 9.66. The van der Waals surface area contributed by atoms with Crippen molar-refractivity contribution in [3.63, 3.8) is 0 Å². The molecule has 2 fully saturated rings. The number of hydrogen-bond acceptors (Lipinski definition) is 4. The Balaban J connectivity index is 0.00000353. The molecule has 2 aliphatic heterocycles. The summed E-state index contributed by atoms with van der Waals surface area (Å²) < 4.78 is 8.43. The molecule has 42 heavy (non-hydrogen) atoms. The zero-order valence-corrected chi connectivity index (χ0v) is 25.2. The number of ether oxygens (including phenoxy) is 1. The Labute approximate surface area is 252 Å². The van der Waals surface area contributed by atoms with Crippen molar-refractivity contribution < 1.29 is 14.6 Å².